The van der Waals surface area contributed by atoms with Crippen LogP contribution >= 0.6 is 0 Å². The van der Waals surface area contributed by atoms with Crippen molar-refractivity contribution in [3.8, 4) is 28.8 Å². The van der Waals surface area contributed by atoms with Crippen molar-refractivity contribution in [3.63, 3.8) is 0 Å². The first kappa shape index (κ1) is 21.7. The molecule has 34 heavy (non-hydrogen) atoms. The minimum atomic E-state index is -0.654. The Labute approximate surface area is 198 Å². The van der Waals surface area contributed by atoms with Gasteiger partial charge in [-0.15, -0.1) is 0 Å². The smallest absolute Gasteiger partial charge is 0.141 e. The van der Waals surface area contributed by atoms with Crippen LogP contribution in [0, 0.1) is 11.3 Å². The summed E-state index contributed by atoms with van der Waals surface area (Å²) in [4.78, 5) is 2.23. The van der Waals surface area contributed by atoms with E-state index in [1.165, 1.54) is 5.56 Å². The van der Waals surface area contributed by atoms with Gasteiger partial charge < -0.3 is 15.6 Å². The molecule has 0 amide bonds. The van der Waals surface area contributed by atoms with Crippen LogP contribution in [0.1, 0.15) is 11.1 Å². The van der Waals surface area contributed by atoms with E-state index in [4.69, 9.17) is 15.6 Å². The molecule has 3 aromatic carbocycles. The lowest BCUT2D eigenvalue weighted by Crippen LogP contribution is -2.64. The molecule has 0 bridgehead atoms. The third-order valence-electron chi connectivity index (χ3n) is 6.17. The quantitative estimate of drug-likeness (QED) is 0.441. The second kappa shape index (κ2) is 9.02. The molecule has 1 aromatic heterocycles. The molecule has 3 N–H and O–H groups in total. The molecule has 7 heteroatoms. The number of aromatic nitrogens is 2. The second-order valence-corrected chi connectivity index (χ2v) is 8.59. The van der Waals surface area contributed by atoms with Crippen molar-refractivity contribution >= 4 is 5.82 Å². The maximum atomic E-state index is 10.3. The average molecular weight is 452 g/mol. The molecule has 0 spiro atoms. The average Bonchev–Trinajstić information content (AvgIpc) is 3.19. The summed E-state index contributed by atoms with van der Waals surface area (Å²) in [5.74, 6) is 1.70. The molecule has 0 aliphatic carbocycles. The van der Waals surface area contributed by atoms with Gasteiger partial charge in [0.05, 0.1) is 6.61 Å². The molecule has 0 radical (unpaired) electrons. The van der Waals surface area contributed by atoms with Crippen molar-refractivity contribution in [1.82, 2.24) is 14.7 Å². The molecule has 1 fully saturated rings. The van der Waals surface area contributed by atoms with E-state index in [2.05, 4.69) is 23.1 Å². The molecular formula is C27H25N5O2. The van der Waals surface area contributed by atoms with Gasteiger partial charge in [-0.3, -0.25) is 4.90 Å². The van der Waals surface area contributed by atoms with E-state index in [0.717, 1.165) is 17.9 Å². The zero-order valence-electron chi connectivity index (χ0n) is 18.6. The fourth-order valence-electron chi connectivity index (χ4n) is 4.45. The molecule has 0 unspecified atom stereocenters. The SMILES string of the molecule is N#Cc1c(-c2ccc(Oc3ccccc3)cc2)nn(C2(CO)CN(Cc3ccccc3)C2)c1N. The molecule has 0 atom stereocenters. The zero-order chi connectivity index (χ0) is 23.5. The monoisotopic (exact) mass is 451 g/mol. The van der Waals surface area contributed by atoms with E-state index in [0.29, 0.717) is 30.1 Å². The topological polar surface area (TPSA) is 100 Å². The lowest BCUT2D eigenvalue weighted by Gasteiger charge is -2.49. The minimum absolute atomic E-state index is 0.113. The highest BCUT2D eigenvalue weighted by Crippen LogP contribution is 2.36. The number of benzene rings is 3. The van der Waals surface area contributed by atoms with Crippen LogP contribution in [0.2, 0.25) is 0 Å². The van der Waals surface area contributed by atoms with Gasteiger partial charge in [0.15, 0.2) is 0 Å². The van der Waals surface area contributed by atoms with E-state index in [9.17, 15) is 10.4 Å². The van der Waals surface area contributed by atoms with Gasteiger partial charge in [0, 0.05) is 25.2 Å². The van der Waals surface area contributed by atoms with Crippen molar-refractivity contribution in [3.05, 3.63) is 96.1 Å². The van der Waals surface area contributed by atoms with Gasteiger partial charge in [-0.2, -0.15) is 10.4 Å². The molecule has 170 valence electrons. The molecular weight excluding hydrogens is 426 g/mol. The number of nitrogens with two attached hydrogens (primary N) is 1. The number of ether oxygens (including phenoxy) is 1. The van der Waals surface area contributed by atoms with E-state index in [1.54, 1.807) is 4.68 Å². The van der Waals surface area contributed by atoms with E-state index < -0.39 is 5.54 Å². The normalized spacial score (nSPS) is 14.8. The number of para-hydroxylation sites is 1. The first-order valence-corrected chi connectivity index (χ1v) is 11.1. The Hall–Kier alpha value is -4.12. The van der Waals surface area contributed by atoms with Crippen LogP contribution in [-0.4, -0.2) is 39.5 Å². The summed E-state index contributed by atoms with van der Waals surface area (Å²) in [6.45, 7) is 1.86. The fourth-order valence-corrected chi connectivity index (χ4v) is 4.45. The Kier molecular flexibility index (Phi) is 5.76. The van der Waals surface area contributed by atoms with Crippen molar-refractivity contribution in [2.45, 2.75) is 12.1 Å². The predicted octanol–water partition coefficient (Wildman–Crippen LogP) is 4.00. The fraction of sp³-hybridized carbons (Fsp3) is 0.185. The highest BCUT2D eigenvalue weighted by molar-refractivity contribution is 5.73. The van der Waals surface area contributed by atoms with Crippen molar-refractivity contribution < 1.29 is 9.84 Å². The molecule has 1 aliphatic rings. The number of nitrogen functional groups attached to an aromatic ring is 1. The molecule has 1 saturated heterocycles. The van der Waals surface area contributed by atoms with E-state index in [1.807, 2.05) is 72.8 Å². The van der Waals surface area contributed by atoms with Gasteiger partial charge in [0.2, 0.25) is 0 Å². The van der Waals surface area contributed by atoms with Crippen molar-refractivity contribution in [1.29, 1.82) is 5.26 Å². The molecule has 2 heterocycles. The highest BCUT2D eigenvalue weighted by atomic mass is 16.5. The van der Waals surface area contributed by atoms with Crippen LogP contribution in [0.25, 0.3) is 11.3 Å². The number of aliphatic hydroxyl groups excluding tert-OH is 1. The minimum Gasteiger partial charge on any atom is -0.457 e. The van der Waals surface area contributed by atoms with Crippen LogP contribution < -0.4 is 10.5 Å². The van der Waals surface area contributed by atoms with E-state index in [-0.39, 0.29) is 12.4 Å². The lowest BCUT2D eigenvalue weighted by molar-refractivity contribution is -0.0407. The maximum Gasteiger partial charge on any atom is 0.141 e. The van der Waals surface area contributed by atoms with Crippen LogP contribution in [0.15, 0.2) is 84.9 Å². The third-order valence-corrected chi connectivity index (χ3v) is 6.17. The van der Waals surface area contributed by atoms with Gasteiger partial charge in [0.25, 0.3) is 0 Å². The first-order valence-electron chi connectivity index (χ1n) is 11.1. The van der Waals surface area contributed by atoms with Crippen molar-refractivity contribution in [2.24, 2.45) is 0 Å². The lowest BCUT2D eigenvalue weighted by atomic mass is 9.90. The number of likely N-dealkylation sites (tertiary alicyclic amines) is 1. The Morgan fingerprint density at radius 3 is 2.18 bits per heavy atom. The van der Waals surface area contributed by atoms with Crippen molar-refractivity contribution in [2.75, 3.05) is 25.4 Å². The summed E-state index contributed by atoms with van der Waals surface area (Å²) in [5, 5.41) is 24.8. The van der Waals surface area contributed by atoms with Crippen LogP contribution in [-0.2, 0) is 12.1 Å². The van der Waals surface area contributed by atoms with Gasteiger partial charge in [-0.25, -0.2) is 4.68 Å². The number of rotatable bonds is 7. The number of nitrogens with zero attached hydrogens (tertiary/aromatic N) is 4. The molecule has 4 aromatic rings. The number of aliphatic hydroxyl groups is 1. The molecule has 0 saturated carbocycles. The first-order chi connectivity index (χ1) is 16.6. The van der Waals surface area contributed by atoms with Crippen LogP contribution in [0.4, 0.5) is 5.82 Å². The second-order valence-electron chi connectivity index (χ2n) is 8.59. The van der Waals surface area contributed by atoms with Gasteiger partial charge in [-0.05, 0) is 42.0 Å². The summed E-state index contributed by atoms with van der Waals surface area (Å²) in [5.41, 5.74) is 8.50. The highest BCUT2D eigenvalue weighted by Gasteiger charge is 2.46. The maximum absolute atomic E-state index is 10.3. The van der Waals surface area contributed by atoms with Crippen LogP contribution in [0.5, 0.6) is 11.5 Å². The predicted molar refractivity (Wildman–Crippen MR) is 130 cm³/mol. The zero-order valence-corrected chi connectivity index (χ0v) is 18.6. The molecule has 7 nitrogen and oxygen atoms in total. The third kappa shape index (κ3) is 4.01. The van der Waals surface area contributed by atoms with Gasteiger partial charge >= 0.3 is 0 Å². The largest absolute Gasteiger partial charge is 0.457 e. The summed E-state index contributed by atoms with van der Waals surface area (Å²) in [6, 6.07) is 29.3. The van der Waals surface area contributed by atoms with Gasteiger partial charge in [-0.1, -0.05) is 48.5 Å². The van der Waals surface area contributed by atoms with Crippen LogP contribution in [0.3, 0.4) is 0 Å². The summed E-state index contributed by atoms with van der Waals surface area (Å²) >= 11 is 0. The Morgan fingerprint density at radius 2 is 1.56 bits per heavy atom. The number of hydrogen-bond donors (Lipinski definition) is 2. The Bertz CT molecular complexity index is 1310. The number of anilines is 1. The Morgan fingerprint density at radius 1 is 0.941 bits per heavy atom. The van der Waals surface area contributed by atoms with Gasteiger partial charge in [0.1, 0.15) is 40.2 Å². The summed E-state index contributed by atoms with van der Waals surface area (Å²) in [6.07, 6.45) is 0. The summed E-state index contributed by atoms with van der Waals surface area (Å²) in [7, 11) is 0. The number of nitriles is 1. The molecule has 5 rings (SSSR count). The summed E-state index contributed by atoms with van der Waals surface area (Å²) < 4.78 is 7.50. The number of hydrogen-bond acceptors (Lipinski definition) is 6. The Balaban J connectivity index is 1.38. The standard InChI is InChI=1S/C27H25N5O2/c28-15-24-25(21-11-13-23(14-12-21)34-22-9-5-2-6-10-22)30-32(26(24)29)27(19-33)17-31(18-27)16-20-7-3-1-4-8-20/h1-14,33H,16-19,29H2. The molecule has 1 aliphatic heterocycles. The van der Waals surface area contributed by atoms with E-state index >= 15 is 0 Å².